The van der Waals surface area contributed by atoms with Gasteiger partial charge in [-0.2, -0.15) is 0 Å². The highest BCUT2D eigenvalue weighted by Crippen LogP contribution is 2.07. The number of nitrogens with one attached hydrogen (secondary N) is 3. The van der Waals surface area contributed by atoms with Crippen LogP contribution in [-0.4, -0.2) is 27.4 Å². The number of anilines is 2. The summed E-state index contributed by atoms with van der Waals surface area (Å²) in [6.45, 7) is 2.95. The van der Waals surface area contributed by atoms with E-state index in [-0.39, 0.29) is 5.91 Å². The van der Waals surface area contributed by atoms with Gasteiger partial charge in [0.15, 0.2) is 0 Å². The number of rotatable bonds is 5. The Labute approximate surface area is 105 Å². The van der Waals surface area contributed by atoms with Crippen molar-refractivity contribution in [2.45, 2.75) is 13.3 Å². The van der Waals surface area contributed by atoms with E-state index >= 15 is 0 Å². The molecule has 0 aliphatic rings. The Morgan fingerprint density at radius 3 is 2.89 bits per heavy atom. The number of amides is 1. The van der Waals surface area contributed by atoms with Crippen LogP contribution in [-0.2, 0) is 0 Å². The van der Waals surface area contributed by atoms with Gasteiger partial charge in [0.1, 0.15) is 5.82 Å². The van der Waals surface area contributed by atoms with Crippen LogP contribution in [0, 0.1) is 0 Å². The maximum Gasteiger partial charge on any atom is 0.259 e. The normalized spacial score (nSPS) is 10.1. The zero-order valence-corrected chi connectivity index (χ0v) is 10.1. The highest BCUT2D eigenvalue weighted by atomic mass is 16.1. The Bertz CT molecular complexity index is 492. The number of imidazole rings is 1. The van der Waals surface area contributed by atoms with Crippen LogP contribution in [0.3, 0.4) is 0 Å². The molecule has 1 amide bonds. The molecule has 18 heavy (non-hydrogen) atoms. The SMILES string of the molecule is CCCNc1ccc(C(=O)Nc2ncc[nH]2)cn1. The van der Waals surface area contributed by atoms with Gasteiger partial charge in [0.2, 0.25) is 5.95 Å². The minimum atomic E-state index is -0.237. The molecule has 2 aromatic rings. The lowest BCUT2D eigenvalue weighted by Gasteiger charge is -2.05. The summed E-state index contributed by atoms with van der Waals surface area (Å²) in [5, 5.41) is 5.78. The summed E-state index contributed by atoms with van der Waals surface area (Å²) in [5.74, 6) is 0.957. The van der Waals surface area contributed by atoms with Crippen molar-refractivity contribution < 1.29 is 4.79 Å². The minimum absolute atomic E-state index is 0.237. The van der Waals surface area contributed by atoms with E-state index in [1.165, 1.54) is 6.20 Å². The zero-order chi connectivity index (χ0) is 12.8. The lowest BCUT2D eigenvalue weighted by atomic mass is 10.2. The minimum Gasteiger partial charge on any atom is -0.370 e. The van der Waals surface area contributed by atoms with Crippen LogP contribution in [0.4, 0.5) is 11.8 Å². The molecule has 0 fully saturated rings. The molecule has 3 N–H and O–H groups in total. The third kappa shape index (κ3) is 3.07. The zero-order valence-electron chi connectivity index (χ0n) is 10.1. The first-order valence-corrected chi connectivity index (χ1v) is 5.80. The van der Waals surface area contributed by atoms with Crippen LogP contribution in [0.5, 0.6) is 0 Å². The molecule has 6 nitrogen and oxygen atoms in total. The molecule has 0 atom stereocenters. The van der Waals surface area contributed by atoms with Crippen molar-refractivity contribution >= 4 is 17.7 Å². The second kappa shape index (κ2) is 5.81. The van der Waals surface area contributed by atoms with Gasteiger partial charge in [-0.15, -0.1) is 0 Å². The summed E-state index contributed by atoms with van der Waals surface area (Å²) in [5.41, 5.74) is 0.494. The maximum absolute atomic E-state index is 11.8. The number of hydrogen-bond donors (Lipinski definition) is 3. The molecule has 0 saturated heterocycles. The summed E-state index contributed by atoms with van der Waals surface area (Å²) in [6.07, 6.45) is 5.79. The van der Waals surface area contributed by atoms with Crippen molar-refractivity contribution in [2.75, 3.05) is 17.2 Å². The molecule has 0 spiro atoms. The van der Waals surface area contributed by atoms with Crippen LogP contribution >= 0.6 is 0 Å². The van der Waals surface area contributed by atoms with E-state index < -0.39 is 0 Å². The Morgan fingerprint density at radius 1 is 1.39 bits per heavy atom. The lowest BCUT2D eigenvalue weighted by molar-refractivity contribution is 0.102. The van der Waals surface area contributed by atoms with Gasteiger partial charge in [0.05, 0.1) is 5.56 Å². The van der Waals surface area contributed by atoms with E-state index in [9.17, 15) is 4.79 Å². The van der Waals surface area contributed by atoms with E-state index in [1.807, 2.05) is 0 Å². The third-order valence-corrected chi connectivity index (χ3v) is 2.31. The van der Waals surface area contributed by atoms with E-state index in [2.05, 4.69) is 32.5 Å². The van der Waals surface area contributed by atoms with Crippen molar-refractivity contribution in [2.24, 2.45) is 0 Å². The largest absolute Gasteiger partial charge is 0.370 e. The van der Waals surface area contributed by atoms with Crippen molar-refractivity contribution in [3.63, 3.8) is 0 Å². The summed E-state index contributed by atoms with van der Waals surface area (Å²) in [6, 6.07) is 3.51. The van der Waals surface area contributed by atoms with Crippen LogP contribution < -0.4 is 10.6 Å². The number of H-pyrrole nitrogens is 1. The van der Waals surface area contributed by atoms with Crippen molar-refractivity contribution in [1.82, 2.24) is 15.0 Å². The molecule has 0 aromatic carbocycles. The maximum atomic E-state index is 11.8. The molecule has 6 heteroatoms. The van der Waals surface area contributed by atoms with Crippen molar-refractivity contribution in [3.05, 3.63) is 36.3 Å². The van der Waals surface area contributed by atoms with Crippen molar-refractivity contribution in [1.29, 1.82) is 0 Å². The molecular weight excluding hydrogens is 230 g/mol. The molecule has 0 saturated carbocycles. The molecule has 0 aliphatic heterocycles. The molecular formula is C12H15N5O. The van der Waals surface area contributed by atoms with Crippen LogP contribution in [0.25, 0.3) is 0 Å². The number of aromatic nitrogens is 3. The smallest absolute Gasteiger partial charge is 0.259 e. The monoisotopic (exact) mass is 245 g/mol. The van der Waals surface area contributed by atoms with Crippen LogP contribution in [0.1, 0.15) is 23.7 Å². The summed E-state index contributed by atoms with van der Waals surface area (Å²) in [7, 11) is 0. The van der Waals surface area contributed by atoms with Crippen LogP contribution in [0.2, 0.25) is 0 Å². The molecule has 0 unspecified atom stereocenters. The van der Waals surface area contributed by atoms with Crippen molar-refractivity contribution in [3.8, 4) is 0 Å². The predicted molar refractivity (Wildman–Crippen MR) is 69.6 cm³/mol. The molecule has 2 heterocycles. The fraction of sp³-hybridized carbons (Fsp3) is 0.250. The van der Waals surface area contributed by atoms with E-state index in [0.717, 1.165) is 18.8 Å². The second-order valence-electron chi connectivity index (χ2n) is 3.75. The van der Waals surface area contributed by atoms with Gasteiger partial charge < -0.3 is 10.3 Å². The van der Waals surface area contributed by atoms with Gasteiger partial charge in [-0.25, -0.2) is 9.97 Å². The summed E-state index contributed by atoms with van der Waals surface area (Å²) >= 11 is 0. The Morgan fingerprint density at radius 2 is 2.28 bits per heavy atom. The highest BCUT2D eigenvalue weighted by Gasteiger charge is 2.07. The summed E-state index contributed by atoms with van der Waals surface area (Å²) in [4.78, 5) is 22.7. The Balaban J connectivity index is 1.98. The molecule has 0 bridgehead atoms. The summed E-state index contributed by atoms with van der Waals surface area (Å²) < 4.78 is 0. The van der Waals surface area contributed by atoms with Gasteiger partial charge in [0, 0.05) is 25.1 Å². The average molecular weight is 245 g/mol. The van der Waals surface area contributed by atoms with E-state index in [0.29, 0.717) is 11.5 Å². The van der Waals surface area contributed by atoms with Crippen LogP contribution in [0.15, 0.2) is 30.7 Å². The topological polar surface area (TPSA) is 82.7 Å². The molecule has 2 aromatic heterocycles. The first-order chi connectivity index (χ1) is 8.79. The van der Waals surface area contributed by atoms with Gasteiger partial charge in [-0.05, 0) is 18.6 Å². The molecule has 0 radical (unpaired) electrons. The molecule has 94 valence electrons. The van der Waals surface area contributed by atoms with E-state index in [1.54, 1.807) is 24.5 Å². The molecule has 2 rings (SSSR count). The molecule has 0 aliphatic carbocycles. The van der Waals surface area contributed by atoms with Gasteiger partial charge in [0.25, 0.3) is 5.91 Å². The Hall–Kier alpha value is -2.37. The van der Waals surface area contributed by atoms with Gasteiger partial charge in [-0.1, -0.05) is 6.92 Å². The van der Waals surface area contributed by atoms with E-state index in [4.69, 9.17) is 0 Å². The lowest BCUT2D eigenvalue weighted by Crippen LogP contribution is -2.13. The Kier molecular flexibility index (Phi) is 3.90. The quantitative estimate of drug-likeness (QED) is 0.751. The predicted octanol–water partition coefficient (Wildman–Crippen LogP) is 1.88. The first kappa shape index (κ1) is 12.1. The average Bonchev–Trinajstić information content (AvgIpc) is 2.89. The number of carbonyl (C=O) groups excluding carboxylic acids is 1. The number of pyridine rings is 1. The van der Waals surface area contributed by atoms with Gasteiger partial charge in [-0.3, -0.25) is 10.1 Å². The standard InChI is InChI=1S/C12H15N5O/c1-2-5-13-10-4-3-9(8-16-10)11(18)17-12-14-6-7-15-12/h3-4,6-8H,2,5H2,1H3,(H,13,16)(H2,14,15,17,18). The fourth-order valence-electron chi connectivity index (χ4n) is 1.40. The number of nitrogens with zero attached hydrogens (tertiary/aromatic N) is 2. The number of hydrogen-bond acceptors (Lipinski definition) is 4. The highest BCUT2D eigenvalue weighted by molar-refractivity contribution is 6.03. The second-order valence-corrected chi connectivity index (χ2v) is 3.75. The fourth-order valence-corrected chi connectivity index (χ4v) is 1.40. The first-order valence-electron chi connectivity index (χ1n) is 5.80. The third-order valence-electron chi connectivity index (χ3n) is 2.31. The number of aromatic amines is 1. The number of carbonyl (C=O) groups is 1. The van der Waals surface area contributed by atoms with Gasteiger partial charge >= 0.3 is 0 Å².